The minimum absolute atomic E-state index is 0.0114. The van der Waals surface area contributed by atoms with Gasteiger partial charge in [-0.15, -0.1) is 0 Å². The molecule has 1 amide bonds. The van der Waals surface area contributed by atoms with E-state index in [9.17, 15) is 4.79 Å². The van der Waals surface area contributed by atoms with E-state index in [1.165, 1.54) is 25.6 Å². The highest BCUT2D eigenvalue weighted by Gasteiger charge is 2.15. The van der Waals surface area contributed by atoms with Crippen LogP contribution >= 0.6 is 0 Å². The van der Waals surface area contributed by atoms with E-state index in [-0.39, 0.29) is 34.7 Å². The predicted octanol–water partition coefficient (Wildman–Crippen LogP) is -0.0642. The molecule has 2 rings (SSSR count). The number of hydrogen-bond acceptors (Lipinski definition) is 8. The molecule has 6 N–H and O–H groups in total. The van der Waals surface area contributed by atoms with Crippen LogP contribution in [0.2, 0.25) is 0 Å². The Bertz CT molecular complexity index is 661. The van der Waals surface area contributed by atoms with Crippen LogP contribution in [0.3, 0.4) is 0 Å². The largest absolute Gasteiger partial charge is 0.481 e. The lowest BCUT2D eigenvalue weighted by atomic mass is 10.2. The summed E-state index contributed by atoms with van der Waals surface area (Å²) in [6, 6.07) is 1.40. The Morgan fingerprint density at radius 2 is 1.95 bits per heavy atom. The van der Waals surface area contributed by atoms with Crippen LogP contribution in [0.1, 0.15) is 10.4 Å². The SMILES string of the molecule is COc1cc(Oc2cnc(N)nc2N)c(C(N)=O)cn1. The van der Waals surface area contributed by atoms with Gasteiger partial charge in [-0.05, 0) is 0 Å². The number of hydrogen-bond donors (Lipinski definition) is 3. The fraction of sp³-hybridized carbons (Fsp3) is 0.0909. The Labute approximate surface area is 113 Å². The molecule has 0 saturated heterocycles. The lowest BCUT2D eigenvalue weighted by Gasteiger charge is -2.11. The van der Waals surface area contributed by atoms with E-state index in [1.54, 1.807) is 0 Å². The molecule has 9 nitrogen and oxygen atoms in total. The van der Waals surface area contributed by atoms with Gasteiger partial charge >= 0.3 is 0 Å². The molecule has 2 aromatic heterocycles. The molecule has 0 aliphatic heterocycles. The zero-order valence-corrected chi connectivity index (χ0v) is 10.5. The zero-order chi connectivity index (χ0) is 14.7. The maximum Gasteiger partial charge on any atom is 0.254 e. The van der Waals surface area contributed by atoms with Crippen LogP contribution in [0.25, 0.3) is 0 Å². The summed E-state index contributed by atoms with van der Waals surface area (Å²) in [6.45, 7) is 0. The van der Waals surface area contributed by atoms with Gasteiger partial charge in [0.15, 0.2) is 11.6 Å². The van der Waals surface area contributed by atoms with Gasteiger partial charge in [-0.3, -0.25) is 4.79 Å². The lowest BCUT2D eigenvalue weighted by molar-refractivity contribution is 0.0997. The van der Waals surface area contributed by atoms with Crippen LogP contribution in [0.15, 0.2) is 18.5 Å². The molecule has 0 saturated carbocycles. The first kappa shape index (κ1) is 13.3. The molecular formula is C11H12N6O3. The third-order valence-corrected chi connectivity index (χ3v) is 2.34. The average molecular weight is 276 g/mol. The average Bonchev–Trinajstić information content (AvgIpc) is 2.41. The van der Waals surface area contributed by atoms with Crippen molar-refractivity contribution in [2.24, 2.45) is 5.73 Å². The van der Waals surface area contributed by atoms with E-state index < -0.39 is 5.91 Å². The van der Waals surface area contributed by atoms with E-state index in [0.717, 1.165) is 0 Å². The van der Waals surface area contributed by atoms with Crippen molar-refractivity contribution in [3.8, 4) is 17.4 Å². The molecule has 2 heterocycles. The molecule has 0 atom stereocenters. The monoisotopic (exact) mass is 276 g/mol. The van der Waals surface area contributed by atoms with E-state index in [4.69, 9.17) is 26.7 Å². The Morgan fingerprint density at radius 3 is 2.55 bits per heavy atom. The highest BCUT2D eigenvalue weighted by Crippen LogP contribution is 2.30. The number of nitrogens with zero attached hydrogens (tertiary/aromatic N) is 3. The number of methoxy groups -OCH3 is 1. The molecule has 0 fully saturated rings. The van der Waals surface area contributed by atoms with Crippen molar-refractivity contribution in [2.45, 2.75) is 0 Å². The number of carbonyl (C=O) groups is 1. The highest BCUT2D eigenvalue weighted by molar-refractivity contribution is 5.95. The Balaban J connectivity index is 2.43. The smallest absolute Gasteiger partial charge is 0.254 e. The Kier molecular flexibility index (Phi) is 3.51. The number of carbonyl (C=O) groups excluding carboxylic acids is 1. The standard InChI is InChI=1S/C11H12N6O3/c1-19-8-2-6(5(3-15-8)10(13)18)20-7-4-16-11(14)17-9(7)12/h2-4H,1H3,(H2,13,18)(H4,12,14,16,17). The summed E-state index contributed by atoms with van der Waals surface area (Å²) in [5.41, 5.74) is 16.3. The van der Waals surface area contributed by atoms with Gasteiger partial charge in [-0.2, -0.15) is 4.98 Å². The lowest BCUT2D eigenvalue weighted by Crippen LogP contribution is -2.13. The topological polar surface area (TPSA) is 152 Å². The number of nitrogens with two attached hydrogens (primary N) is 3. The van der Waals surface area contributed by atoms with E-state index in [1.807, 2.05) is 0 Å². The molecule has 2 aromatic rings. The summed E-state index contributed by atoms with van der Waals surface area (Å²) >= 11 is 0. The molecule has 0 aliphatic carbocycles. The predicted molar refractivity (Wildman–Crippen MR) is 70.2 cm³/mol. The third-order valence-electron chi connectivity index (χ3n) is 2.34. The minimum Gasteiger partial charge on any atom is -0.481 e. The van der Waals surface area contributed by atoms with E-state index in [0.29, 0.717) is 0 Å². The van der Waals surface area contributed by atoms with Crippen LogP contribution in [0.5, 0.6) is 17.4 Å². The highest BCUT2D eigenvalue weighted by atomic mass is 16.5. The molecule has 20 heavy (non-hydrogen) atoms. The number of primary amides is 1. The van der Waals surface area contributed by atoms with Gasteiger partial charge < -0.3 is 26.7 Å². The third kappa shape index (κ3) is 2.66. The first-order valence-electron chi connectivity index (χ1n) is 5.41. The van der Waals surface area contributed by atoms with Gasteiger partial charge in [0, 0.05) is 12.3 Å². The van der Waals surface area contributed by atoms with Crippen molar-refractivity contribution in [3.05, 3.63) is 24.0 Å². The molecule has 0 spiro atoms. The molecule has 0 unspecified atom stereocenters. The summed E-state index contributed by atoms with van der Waals surface area (Å²) < 4.78 is 10.4. The van der Waals surface area contributed by atoms with Crippen LogP contribution in [0, 0.1) is 0 Å². The second-order valence-corrected chi connectivity index (χ2v) is 3.67. The first-order chi connectivity index (χ1) is 9.51. The molecular weight excluding hydrogens is 264 g/mol. The maximum atomic E-state index is 11.3. The summed E-state index contributed by atoms with van der Waals surface area (Å²) in [5.74, 6) is -0.148. The molecule has 0 bridgehead atoms. The van der Waals surface area contributed by atoms with Crippen molar-refractivity contribution in [1.29, 1.82) is 0 Å². The van der Waals surface area contributed by atoms with Crippen molar-refractivity contribution in [3.63, 3.8) is 0 Å². The van der Waals surface area contributed by atoms with Gasteiger partial charge in [0.2, 0.25) is 11.8 Å². The summed E-state index contributed by atoms with van der Waals surface area (Å²) in [5, 5.41) is 0. The maximum absolute atomic E-state index is 11.3. The quantitative estimate of drug-likeness (QED) is 0.701. The van der Waals surface area contributed by atoms with Crippen molar-refractivity contribution in [2.75, 3.05) is 18.6 Å². The molecule has 0 aromatic carbocycles. The van der Waals surface area contributed by atoms with Crippen molar-refractivity contribution >= 4 is 17.7 Å². The van der Waals surface area contributed by atoms with E-state index in [2.05, 4.69) is 15.0 Å². The first-order valence-corrected chi connectivity index (χ1v) is 5.41. The molecule has 9 heteroatoms. The molecule has 0 radical (unpaired) electrons. The second kappa shape index (κ2) is 5.26. The normalized spacial score (nSPS) is 10.1. The van der Waals surface area contributed by atoms with Gasteiger partial charge in [0.05, 0.1) is 13.3 Å². The van der Waals surface area contributed by atoms with Gasteiger partial charge in [0.25, 0.3) is 5.91 Å². The van der Waals surface area contributed by atoms with Gasteiger partial charge in [-0.25, -0.2) is 9.97 Å². The van der Waals surface area contributed by atoms with Gasteiger partial charge in [-0.1, -0.05) is 0 Å². The van der Waals surface area contributed by atoms with E-state index >= 15 is 0 Å². The summed E-state index contributed by atoms with van der Waals surface area (Å²) in [7, 11) is 1.43. The number of amides is 1. The minimum atomic E-state index is -0.704. The van der Waals surface area contributed by atoms with Crippen molar-refractivity contribution in [1.82, 2.24) is 15.0 Å². The number of pyridine rings is 1. The van der Waals surface area contributed by atoms with Crippen LogP contribution in [0.4, 0.5) is 11.8 Å². The molecule has 0 aliphatic rings. The zero-order valence-electron chi connectivity index (χ0n) is 10.5. The van der Waals surface area contributed by atoms with Gasteiger partial charge in [0.1, 0.15) is 11.3 Å². The summed E-state index contributed by atoms with van der Waals surface area (Å²) in [4.78, 5) is 22.7. The fourth-order valence-corrected chi connectivity index (χ4v) is 1.40. The van der Waals surface area contributed by atoms with Crippen LogP contribution in [-0.2, 0) is 0 Å². The second-order valence-electron chi connectivity index (χ2n) is 3.67. The number of rotatable bonds is 4. The fourth-order valence-electron chi connectivity index (χ4n) is 1.40. The number of nitrogen functional groups attached to an aromatic ring is 2. The number of anilines is 2. The Hall–Kier alpha value is -3.10. The number of aromatic nitrogens is 3. The van der Waals surface area contributed by atoms with Crippen LogP contribution in [-0.4, -0.2) is 28.0 Å². The summed E-state index contributed by atoms with van der Waals surface area (Å²) in [6.07, 6.45) is 2.53. The van der Waals surface area contributed by atoms with Crippen molar-refractivity contribution < 1.29 is 14.3 Å². The Morgan fingerprint density at radius 1 is 1.20 bits per heavy atom. The number of ether oxygens (including phenoxy) is 2. The van der Waals surface area contributed by atoms with Crippen LogP contribution < -0.4 is 26.7 Å². The molecule has 104 valence electrons.